The van der Waals surface area contributed by atoms with Crippen LogP contribution in [0.1, 0.15) is 25.5 Å². The molecule has 0 unspecified atom stereocenters. The molecular formula is C23H31N5O. The molecule has 2 aliphatic heterocycles. The number of nitrogens with one attached hydrogen (secondary N) is 1. The third-order valence-electron chi connectivity index (χ3n) is 6.04. The highest BCUT2D eigenvalue weighted by atomic mass is 16.2. The Hall–Kier alpha value is -2.60. The topological polar surface area (TPSA) is 51.7 Å². The first kappa shape index (κ1) is 19.7. The number of hydrogen-bond acceptors (Lipinski definition) is 4. The molecule has 2 fully saturated rings. The first-order valence-electron chi connectivity index (χ1n) is 10.7. The fraction of sp³-hybridized carbons (Fsp3) is 0.478. The Morgan fingerprint density at radius 3 is 2.38 bits per heavy atom. The number of carbonyl (C=O) groups excluding carboxylic acids is 1. The molecule has 0 aliphatic carbocycles. The highest BCUT2D eigenvalue weighted by Crippen LogP contribution is 2.24. The van der Waals surface area contributed by atoms with E-state index in [4.69, 9.17) is 0 Å². The summed E-state index contributed by atoms with van der Waals surface area (Å²) in [6, 6.07) is 14.3. The number of carbonyl (C=O) groups is 1. The van der Waals surface area contributed by atoms with Gasteiger partial charge in [-0.3, -0.25) is 9.88 Å². The van der Waals surface area contributed by atoms with E-state index < -0.39 is 0 Å². The average Bonchev–Trinajstić information content (AvgIpc) is 2.76. The maximum Gasteiger partial charge on any atom is 0.321 e. The van der Waals surface area contributed by atoms with Crippen LogP contribution in [0.2, 0.25) is 0 Å². The summed E-state index contributed by atoms with van der Waals surface area (Å²) in [5.41, 5.74) is 3.19. The number of nitrogens with zero attached hydrogens (tertiary/aromatic N) is 4. The van der Waals surface area contributed by atoms with Crippen LogP contribution in [-0.4, -0.2) is 60.1 Å². The summed E-state index contributed by atoms with van der Waals surface area (Å²) in [5, 5.41) is 3.05. The van der Waals surface area contributed by atoms with E-state index in [1.54, 1.807) is 0 Å². The normalized spacial score (nSPS) is 18.7. The van der Waals surface area contributed by atoms with Crippen LogP contribution in [0, 0.1) is 5.92 Å². The van der Waals surface area contributed by atoms with Gasteiger partial charge in [-0.2, -0.15) is 0 Å². The second kappa shape index (κ2) is 9.27. The Labute approximate surface area is 173 Å². The number of aromatic nitrogens is 1. The molecule has 4 rings (SSSR count). The minimum atomic E-state index is -0.0120. The van der Waals surface area contributed by atoms with Crippen molar-refractivity contribution in [3.05, 3.63) is 54.4 Å². The van der Waals surface area contributed by atoms with Gasteiger partial charge in [-0.1, -0.05) is 13.0 Å². The Kier molecular flexibility index (Phi) is 6.30. The number of benzene rings is 1. The van der Waals surface area contributed by atoms with Crippen LogP contribution in [0.15, 0.2) is 48.7 Å². The molecule has 0 bridgehead atoms. The number of amides is 2. The van der Waals surface area contributed by atoms with Crippen LogP contribution >= 0.6 is 0 Å². The molecule has 2 aromatic rings. The number of pyridine rings is 1. The Balaban J connectivity index is 1.24. The third kappa shape index (κ3) is 5.26. The highest BCUT2D eigenvalue weighted by Gasteiger charge is 2.21. The van der Waals surface area contributed by atoms with Gasteiger partial charge < -0.3 is 15.1 Å². The monoisotopic (exact) mass is 393 g/mol. The summed E-state index contributed by atoms with van der Waals surface area (Å²) in [7, 11) is 0. The van der Waals surface area contributed by atoms with Crippen molar-refractivity contribution in [2.45, 2.75) is 26.3 Å². The Morgan fingerprint density at radius 2 is 1.72 bits per heavy atom. The molecule has 2 amide bonds. The zero-order valence-electron chi connectivity index (χ0n) is 17.3. The second-order valence-corrected chi connectivity index (χ2v) is 8.23. The fourth-order valence-electron chi connectivity index (χ4n) is 4.05. The van der Waals surface area contributed by atoms with Gasteiger partial charge in [0, 0.05) is 63.4 Å². The number of piperidine rings is 1. The Morgan fingerprint density at radius 1 is 1.00 bits per heavy atom. The van der Waals surface area contributed by atoms with Crippen molar-refractivity contribution >= 4 is 17.4 Å². The van der Waals surface area contributed by atoms with E-state index in [0.29, 0.717) is 0 Å². The lowest BCUT2D eigenvalue weighted by Gasteiger charge is -2.34. The summed E-state index contributed by atoms with van der Waals surface area (Å²) >= 11 is 0. The number of urea groups is 1. The molecule has 29 heavy (non-hydrogen) atoms. The van der Waals surface area contributed by atoms with E-state index in [2.05, 4.69) is 39.2 Å². The quantitative estimate of drug-likeness (QED) is 0.861. The molecule has 6 nitrogen and oxygen atoms in total. The van der Waals surface area contributed by atoms with Gasteiger partial charge in [-0.05, 0) is 55.2 Å². The standard InChI is InChI=1S/C23H31N5O/c1-19-9-12-27(13-10-19)22-7-5-20(6-8-22)25-23(29)28-16-14-26(15-17-28)18-21-4-2-3-11-24-21/h2-8,11,19H,9-10,12-18H2,1H3,(H,25,29). The summed E-state index contributed by atoms with van der Waals surface area (Å²) in [5.74, 6) is 0.828. The number of rotatable bonds is 4. The minimum absolute atomic E-state index is 0.0120. The summed E-state index contributed by atoms with van der Waals surface area (Å²) in [6.45, 7) is 8.63. The molecule has 1 aromatic heterocycles. The van der Waals surface area contributed by atoms with E-state index in [1.807, 2.05) is 41.4 Å². The van der Waals surface area contributed by atoms with Crippen LogP contribution in [0.25, 0.3) is 0 Å². The molecule has 0 atom stereocenters. The van der Waals surface area contributed by atoms with Crippen LogP contribution in [0.5, 0.6) is 0 Å². The molecule has 154 valence electrons. The van der Waals surface area contributed by atoms with Gasteiger partial charge in [0.2, 0.25) is 0 Å². The van der Waals surface area contributed by atoms with E-state index >= 15 is 0 Å². The number of hydrogen-bond donors (Lipinski definition) is 1. The molecular weight excluding hydrogens is 362 g/mol. The van der Waals surface area contributed by atoms with Gasteiger partial charge in [0.25, 0.3) is 0 Å². The van der Waals surface area contributed by atoms with Gasteiger partial charge in [0.1, 0.15) is 0 Å². The van der Waals surface area contributed by atoms with Gasteiger partial charge in [0.05, 0.1) is 5.69 Å². The lowest BCUT2D eigenvalue weighted by Crippen LogP contribution is -2.49. The van der Waals surface area contributed by atoms with Gasteiger partial charge in [-0.15, -0.1) is 0 Å². The molecule has 1 aromatic carbocycles. The van der Waals surface area contributed by atoms with Crippen molar-refractivity contribution in [1.82, 2.24) is 14.8 Å². The predicted molar refractivity (Wildman–Crippen MR) is 117 cm³/mol. The molecule has 1 N–H and O–H groups in total. The van der Waals surface area contributed by atoms with Gasteiger partial charge in [0.15, 0.2) is 0 Å². The predicted octanol–water partition coefficient (Wildman–Crippen LogP) is 3.67. The van der Waals surface area contributed by atoms with Crippen molar-refractivity contribution in [2.24, 2.45) is 5.92 Å². The van der Waals surface area contributed by atoms with E-state index in [9.17, 15) is 4.79 Å². The molecule has 2 aliphatic rings. The lowest BCUT2D eigenvalue weighted by molar-refractivity contribution is 0.142. The van der Waals surface area contributed by atoms with Crippen LogP contribution in [0.3, 0.4) is 0 Å². The van der Waals surface area contributed by atoms with Crippen LogP contribution < -0.4 is 10.2 Å². The van der Waals surface area contributed by atoms with Gasteiger partial charge in [-0.25, -0.2) is 4.79 Å². The van der Waals surface area contributed by atoms with Crippen molar-refractivity contribution in [2.75, 3.05) is 49.5 Å². The largest absolute Gasteiger partial charge is 0.372 e. The second-order valence-electron chi connectivity index (χ2n) is 8.23. The van der Waals surface area contributed by atoms with E-state index in [0.717, 1.165) is 63.1 Å². The molecule has 0 radical (unpaired) electrons. The molecule has 2 saturated heterocycles. The Bertz CT molecular complexity index is 779. The zero-order valence-corrected chi connectivity index (χ0v) is 17.3. The first-order chi connectivity index (χ1) is 14.2. The maximum atomic E-state index is 12.6. The minimum Gasteiger partial charge on any atom is -0.372 e. The van der Waals surface area contributed by atoms with Crippen molar-refractivity contribution in [1.29, 1.82) is 0 Å². The van der Waals surface area contributed by atoms with E-state index in [-0.39, 0.29) is 6.03 Å². The summed E-state index contributed by atoms with van der Waals surface area (Å²) < 4.78 is 0. The number of anilines is 2. The SMILES string of the molecule is CC1CCN(c2ccc(NC(=O)N3CCN(Cc4ccccn4)CC3)cc2)CC1. The highest BCUT2D eigenvalue weighted by molar-refractivity contribution is 5.89. The van der Waals surface area contributed by atoms with Crippen molar-refractivity contribution in [3.63, 3.8) is 0 Å². The fourth-order valence-corrected chi connectivity index (χ4v) is 4.05. The smallest absolute Gasteiger partial charge is 0.321 e. The van der Waals surface area contributed by atoms with E-state index in [1.165, 1.54) is 18.5 Å². The maximum absolute atomic E-state index is 12.6. The lowest BCUT2D eigenvalue weighted by atomic mass is 9.99. The zero-order chi connectivity index (χ0) is 20.1. The van der Waals surface area contributed by atoms with Crippen molar-refractivity contribution < 1.29 is 4.79 Å². The summed E-state index contributed by atoms with van der Waals surface area (Å²) in [6.07, 6.45) is 4.34. The van der Waals surface area contributed by atoms with Crippen molar-refractivity contribution in [3.8, 4) is 0 Å². The molecule has 0 saturated carbocycles. The average molecular weight is 394 g/mol. The first-order valence-corrected chi connectivity index (χ1v) is 10.7. The van der Waals surface area contributed by atoms with Gasteiger partial charge >= 0.3 is 6.03 Å². The molecule has 6 heteroatoms. The third-order valence-corrected chi connectivity index (χ3v) is 6.04. The summed E-state index contributed by atoms with van der Waals surface area (Å²) in [4.78, 5) is 23.7. The van der Waals surface area contributed by atoms with Crippen LogP contribution in [0.4, 0.5) is 16.2 Å². The number of piperazine rings is 1. The van der Waals surface area contributed by atoms with Crippen LogP contribution in [-0.2, 0) is 6.54 Å². The molecule has 3 heterocycles. The molecule has 0 spiro atoms.